The van der Waals surface area contributed by atoms with Gasteiger partial charge in [-0.1, -0.05) is 0 Å². The van der Waals surface area contributed by atoms with Crippen molar-refractivity contribution in [1.82, 2.24) is 19.6 Å². The summed E-state index contributed by atoms with van der Waals surface area (Å²) in [6.07, 6.45) is 11.3. The largest absolute Gasteiger partial charge is 0.362 e. The van der Waals surface area contributed by atoms with Gasteiger partial charge < -0.3 is 10.1 Å². The van der Waals surface area contributed by atoms with E-state index < -0.39 is 10.8 Å². The molecule has 10 heteroatoms. The SMILES string of the molecule is COCn1cc(NC(=O)c2nn(C34CC5CC(CC(C5)C3)C4)cc2[N+](=O)[O-])cn1. The molecule has 0 spiro atoms. The van der Waals surface area contributed by atoms with E-state index in [-0.39, 0.29) is 23.7 Å². The van der Waals surface area contributed by atoms with Gasteiger partial charge in [0.15, 0.2) is 0 Å². The molecular formula is C19H24N6O4. The Morgan fingerprint density at radius 1 is 1.28 bits per heavy atom. The number of ether oxygens (including phenoxy) is 1. The minimum absolute atomic E-state index is 0.148. The Bertz CT molecular complexity index is 929. The van der Waals surface area contributed by atoms with Gasteiger partial charge in [0.25, 0.3) is 5.91 Å². The van der Waals surface area contributed by atoms with E-state index in [1.165, 1.54) is 36.3 Å². The molecule has 4 aliphatic rings. The smallest absolute Gasteiger partial charge is 0.320 e. The van der Waals surface area contributed by atoms with Crippen molar-refractivity contribution in [3.63, 3.8) is 0 Å². The maximum atomic E-state index is 12.8. The average molecular weight is 400 g/mol. The molecule has 1 N–H and O–H groups in total. The van der Waals surface area contributed by atoms with Gasteiger partial charge in [0.2, 0.25) is 5.69 Å². The molecule has 0 saturated heterocycles. The normalized spacial score (nSPS) is 29.9. The minimum Gasteiger partial charge on any atom is -0.362 e. The van der Waals surface area contributed by atoms with Crippen LogP contribution < -0.4 is 5.32 Å². The van der Waals surface area contributed by atoms with Gasteiger partial charge in [0.1, 0.15) is 12.9 Å². The first-order chi connectivity index (χ1) is 14.0. The summed E-state index contributed by atoms with van der Waals surface area (Å²) in [5.74, 6) is 1.42. The summed E-state index contributed by atoms with van der Waals surface area (Å²) >= 11 is 0. The van der Waals surface area contributed by atoms with E-state index in [0.29, 0.717) is 23.4 Å². The Kier molecular flexibility index (Phi) is 4.19. The van der Waals surface area contributed by atoms with Gasteiger partial charge in [-0.3, -0.25) is 19.6 Å². The molecule has 0 unspecified atom stereocenters. The van der Waals surface area contributed by atoms with E-state index in [2.05, 4.69) is 15.5 Å². The van der Waals surface area contributed by atoms with Gasteiger partial charge in [0.05, 0.1) is 28.5 Å². The number of aromatic nitrogens is 4. The molecule has 0 aliphatic heterocycles. The van der Waals surface area contributed by atoms with Crippen molar-refractivity contribution >= 4 is 17.3 Å². The zero-order valence-electron chi connectivity index (χ0n) is 16.3. The Balaban J connectivity index is 1.43. The zero-order chi connectivity index (χ0) is 20.2. The first-order valence-corrected chi connectivity index (χ1v) is 10.0. The van der Waals surface area contributed by atoms with Crippen LogP contribution in [-0.4, -0.2) is 37.5 Å². The van der Waals surface area contributed by atoms with Crippen molar-refractivity contribution in [2.45, 2.75) is 50.8 Å². The number of methoxy groups -OCH3 is 1. The van der Waals surface area contributed by atoms with Crippen molar-refractivity contribution in [3.05, 3.63) is 34.4 Å². The molecule has 0 radical (unpaired) electrons. The van der Waals surface area contributed by atoms with Gasteiger partial charge in [-0.05, 0) is 56.3 Å². The fourth-order valence-electron chi connectivity index (χ4n) is 6.07. The number of carbonyl (C=O) groups is 1. The highest BCUT2D eigenvalue weighted by atomic mass is 16.6. The van der Waals surface area contributed by atoms with E-state index in [4.69, 9.17) is 4.74 Å². The lowest BCUT2D eigenvalue weighted by Gasteiger charge is -2.56. The molecule has 1 amide bonds. The fraction of sp³-hybridized carbons (Fsp3) is 0.632. The molecule has 0 aromatic carbocycles. The third kappa shape index (κ3) is 3.11. The monoisotopic (exact) mass is 400 g/mol. The van der Waals surface area contributed by atoms with Crippen LogP contribution in [-0.2, 0) is 17.0 Å². The van der Waals surface area contributed by atoms with Crippen LogP contribution in [0.4, 0.5) is 11.4 Å². The average Bonchev–Trinajstić information content (AvgIpc) is 3.28. The third-order valence-electron chi connectivity index (χ3n) is 6.75. The highest BCUT2D eigenvalue weighted by molar-refractivity contribution is 6.05. The Morgan fingerprint density at radius 2 is 1.93 bits per heavy atom. The van der Waals surface area contributed by atoms with Crippen molar-refractivity contribution < 1.29 is 14.5 Å². The van der Waals surface area contributed by atoms with Crippen molar-refractivity contribution in [2.75, 3.05) is 12.4 Å². The number of amides is 1. The number of hydrogen-bond acceptors (Lipinski definition) is 6. The summed E-state index contributed by atoms with van der Waals surface area (Å²) in [7, 11) is 1.54. The van der Waals surface area contributed by atoms with E-state index in [0.717, 1.165) is 19.3 Å². The first kappa shape index (κ1) is 18.3. The highest BCUT2D eigenvalue weighted by Gasteiger charge is 2.53. The van der Waals surface area contributed by atoms with Crippen LogP contribution in [0, 0.1) is 27.9 Å². The minimum atomic E-state index is -0.600. The summed E-state index contributed by atoms with van der Waals surface area (Å²) < 4.78 is 8.25. The maximum Gasteiger partial charge on any atom is 0.320 e. The van der Waals surface area contributed by atoms with Crippen molar-refractivity contribution in [3.8, 4) is 0 Å². The Labute approximate surface area is 167 Å². The van der Waals surface area contributed by atoms with Crippen molar-refractivity contribution in [2.24, 2.45) is 17.8 Å². The molecule has 4 saturated carbocycles. The Morgan fingerprint density at radius 3 is 2.52 bits per heavy atom. The number of nitrogens with one attached hydrogen (secondary N) is 1. The first-order valence-electron chi connectivity index (χ1n) is 10.0. The van der Waals surface area contributed by atoms with E-state index in [9.17, 15) is 14.9 Å². The number of nitrogens with zero attached hydrogens (tertiary/aromatic N) is 5. The van der Waals surface area contributed by atoms with Crippen LogP contribution >= 0.6 is 0 Å². The molecule has 2 heterocycles. The zero-order valence-corrected chi connectivity index (χ0v) is 16.3. The lowest BCUT2D eigenvalue weighted by atomic mass is 9.53. The van der Waals surface area contributed by atoms with Crippen molar-refractivity contribution in [1.29, 1.82) is 0 Å². The second-order valence-electron chi connectivity index (χ2n) is 8.85. The number of hydrogen-bond donors (Lipinski definition) is 1. The fourth-order valence-corrected chi connectivity index (χ4v) is 6.07. The maximum absolute atomic E-state index is 12.8. The van der Waals surface area contributed by atoms with Gasteiger partial charge >= 0.3 is 5.69 Å². The molecule has 4 aliphatic carbocycles. The predicted molar refractivity (Wildman–Crippen MR) is 102 cm³/mol. The molecule has 2 aromatic rings. The second kappa shape index (κ2) is 6.65. The Hall–Kier alpha value is -2.75. The molecular weight excluding hydrogens is 376 g/mol. The van der Waals surface area contributed by atoms with E-state index >= 15 is 0 Å². The van der Waals surface area contributed by atoms with Crippen LogP contribution in [0.15, 0.2) is 18.6 Å². The quantitative estimate of drug-likeness (QED) is 0.588. The highest BCUT2D eigenvalue weighted by Crippen LogP contribution is 2.58. The number of carbonyl (C=O) groups excluding carboxylic acids is 1. The summed E-state index contributed by atoms with van der Waals surface area (Å²) in [5.41, 5.74) is -0.139. The third-order valence-corrected chi connectivity index (χ3v) is 6.75. The molecule has 4 fully saturated rings. The molecule has 0 atom stereocenters. The summed E-state index contributed by atoms with van der Waals surface area (Å²) in [6.45, 7) is 0.247. The van der Waals surface area contributed by atoms with Crippen LogP contribution in [0.1, 0.15) is 49.0 Å². The standard InChI is InChI=1S/C19H24N6O4/c1-29-11-23-9-15(8-20-23)21-18(26)17-16(25(27)28)10-24(22-17)19-5-12-2-13(6-19)4-14(3-12)7-19/h8-10,12-14H,2-7,11H2,1H3,(H,21,26). The lowest BCUT2D eigenvalue weighted by molar-refractivity contribution is -0.385. The number of rotatable bonds is 6. The topological polar surface area (TPSA) is 117 Å². The van der Waals surface area contributed by atoms with Gasteiger partial charge in [-0.2, -0.15) is 10.2 Å². The van der Waals surface area contributed by atoms with Crippen LogP contribution in [0.5, 0.6) is 0 Å². The molecule has 6 rings (SSSR count). The van der Waals surface area contributed by atoms with Gasteiger partial charge in [0, 0.05) is 7.11 Å². The van der Waals surface area contributed by atoms with Gasteiger partial charge in [-0.25, -0.2) is 4.68 Å². The molecule has 4 bridgehead atoms. The van der Waals surface area contributed by atoms with Gasteiger partial charge in [-0.15, -0.1) is 0 Å². The number of anilines is 1. The van der Waals surface area contributed by atoms with Crippen LogP contribution in [0.25, 0.3) is 0 Å². The number of nitro groups is 1. The predicted octanol–water partition coefficient (Wildman–Crippen LogP) is 2.77. The molecule has 154 valence electrons. The lowest BCUT2D eigenvalue weighted by Crippen LogP contribution is -2.52. The molecule has 2 aromatic heterocycles. The van der Waals surface area contributed by atoms with E-state index in [1.54, 1.807) is 18.0 Å². The summed E-state index contributed by atoms with van der Waals surface area (Å²) in [6, 6.07) is 0. The van der Waals surface area contributed by atoms with Crippen LogP contribution in [0.3, 0.4) is 0 Å². The molecule has 29 heavy (non-hydrogen) atoms. The van der Waals surface area contributed by atoms with Crippen LogP contribution in [0.2, 0.25) is 0 Å². The molecule has 10 nitrogen and oxygen atoms in total. The summed E-state index contributed by atoms with van der Waals surface area (Å²) in [4.78, 5) is 23.9. The second-order valence-corrected chi connectivity index (χ2v) is 8.85. The van der Waals surface area contributed by atoms with E-state index in [1.807, 2.05) is 0 Å². The summed E-state index contributed by atoms with van der Waals surface area (Å²) in [5, 5.41) is 22.8.